The molecule has 1 aromatic carbocycles. The van der Waals surface area contributed by atoms with Crippen molar-refractivity contribution in [2.24, 2.45) is 5.73 Å². The van der Waals surface area contributed by atoms with Crippen LogP contribution >= 0.6 is 11.6 Å². The molecule has 7 heteroatoms. The second kappa shape index (κ2) is 6.47. The highest BCUT2D eigenvalue weighted by molar-refractivity contribution is 7.91. The molecule has 0 saturated heterocycles. The Balaban J connectivity index is 2.95. The van der Waals surface area contributed by atoms with Gasteiger partial charge in [0.15, 0.2) is 9.84 Å². The zero-order chi connectivity index (χ0) is 13.8. The molecule has 0 amide bonds. The van der Waals surface area contributed by atoms with Gasteiger partial charge in [-0.1, -0.05) is 11.6 Å². The summed E-state index contributed by atoms with van der Waals surface area (Å²) in [6.07, 6.45) is -0.580. The van der Waals surface area contributed by atoms with E-state index in [0.29, 0.717) is 6.61 Å². The van der Waals surface area contributed by atoms with E-state index in [0.717, 1.165) is 12.1 Å². The van der Waals surface area contributed by atoms with E-state index < -0.39 is 21.8 Å². The Morgan fingerprint density at radius 1 is 1.50 bits per heavy atom. The fourth-order valence-corrected chi connectivity index (χ4v) is 3.16. The minimum atomic E-state index is -3.59. The van der Waals surface area contributed by atoms with Crippen LogP contribution in [-0.4, -0.2) is 33.4 Å². The van der Waals surface area contributed by atoms with Crippen molar-refractivity contribution >= 4 is 21.4 Å². The second-order valence-electron chi connectivity index (χ2n) is 3.67. The van der Waals surface area contributed by atoms with Crippen LogP contribution in [0.2, 0.25) is 5.02 Å². The molecule has 0 radical (unpaired) electrons. The molecule has 1 rings (SSSR count). The predicted molar refractivity (Wildman–Crippen MR) is 67.9 cm³/mol. The van der Waals surface area contributed by atoms with Crippen LogP contribution in [0.3, 0.4) is 0 Å². The molecule has 2 N–H and O–H groups in total. The van der Waals surface area contributed by atoms with Crippen molar-refractivity contribution in [3.63, 3.8) is 0 Å². The molecule has 4 nitrogen and oxygen atoms in total. The monoisotopic (exact) mass is 295 g/mol. The quantitative estimate of drug-likeness (QED) is 0.810. The molecule has 0 aliphatic carbocycles. The maximum absolute atomic E-state index is 13.0. The van der Waals surface area contributed by atoms with Gasteiger partial charge in [0.25, 0.3) is 0 Å². The van der Waals surface area contributed by atoms with Gasteiger partial charge in [-0.3, -0.25) is 0 Å². The molecule has 0 saturated carbocycles. The lowest BCUT2D eigenvalue weighted by molar-refractivity contribution is 0.0846. The number of hydrogen-bond acceptors (Lipinski definition) is 4. The summed E-state index contributed by atoms with van der Waals surface area (Å²) >= 11 is 5.56. The van der Waals surface area contributed by atoms with Gasteiger partial charge in [0.2, 0.25) is 0 Å². The predicted octanol–water partition coefficient (Wildman–Crippen LogP) is 1.62. The lowest BCUT2D eigenvalue weighted by Gasteiger charge is -2.15. The van der Waals surface area contributed by atoms with Crippen molar-refractivity contribution in [2.45, 2.75) is 17.9 Å². The van der Waals surface area contributed by atoms with Crippen LogP contribution < -0.4 is 5.73 Å². The maximum Gasteiger partial charge on any atom is 0.181 e. The fourth-order valence-electron chi connectivity index (χ4n) is 1.43. The number of hydrogen-bond donors (Lipinski definition) is 1. The molecule has 0 heterocycles. The topological polar surface area (TPSA) is 69.4 Å². The van der Waals surface area contributed by atoms with E-state index in [1.807, 2.05) is 0 Å². The van der Waals surface area contributed by atoms with Crippen molar-refractivity contribution in [3.05, 3.63) is 29.0 Å². The van der Waals surface area contributed by atoms with Gasteiger partial charge >= 0.3 is 0 Å². The largest absolute Gasteiger partial charge is 0.376 e. The number of rotatable bonds is 6. The van der Waals surface area contributed by atoms with Gasteiger partial charge in [-0.2, -0.15) is 0 Å². The third kappa shape index (κ3) is 3.91. The lowest BCUT2D eigenvalue weighted by Crippen LogP contribution is -2.31. The SMILES string of the molecule is CCOC(CN)CS(=O)(=O)c1ccc(F)c(Cl)c1. The standard InChI is InChI=1S/C11H15ClFNO3S/c1-2-17-8(6-14)7-18(15,16)9-3-4-11(13)10(12)5-9/h3-5,8H,2,6-7,14H2,1H3. The highest BCUT2D eigenvalue weighted by atomic mass is 35.5. The molecule has 1 aromatic rings. The van der Waals surface area contributed by atoms with E-state index in [4.69, 9.17) is 22.1 Å². The molecule has 0 bridgehead atoms. The lowest BCUT2D eigenvalue weighted by atomic mass is 10.3. The zero-order valence-corrected chi connectivity index (χ0v) is 11.5. The number of nitrogens with two attached hydrogens (primary N) is 1. The van der Waals surface area contributed by atoms with Crippen molar-refractivity contribution in [1.29, 1.82) is 0 Å². The maximum atomic E-state index is 13.0. The Morgan fingerprint density at radius 3 is 2.67 bits per heavy atom. The first-order valence-electron chi connectivity index (χ1n) is 5.40. The summed E-state index contributed by atoms with van der Waals surface area (Å²) in [5.74, 6) is -0.907. The van der Waals surface area contributed by atoms with Gasteiger partial charge in [-0.25, -0.2) is 12.8 Å². The zero-order valence-electron chi connectivity index (χ0n) is 9.90. The molecule has 0 spiro atoms. The summed E-state index contributed by atoms with van der Waals surface area (Å²) in [5, 5.41) is -0.225. The molecule has 102 valence electrons. The van der Waals surface area contributed by atoms with Crippen LogP contribution in [0.1, 0.15) is 6.92 Å². The highest BCUT2D eigenvalue weighted by Crippen LogP contribution is 2.21. The van der Waals surface area contributed by atoms with E-state index in [1.54, 1.807) is 6.92 Å². The van der Waals surface area contributed by atoms with Gasteiger partial charge in [0.1, 0.15) is 5.82 Å². The van der Waals surface area contributed by atoms with Crippen LogP contribution in [0, 0.1) is 5.82 Å². The first-order chi connectivity index (χ1) is 8.40. The average molecular weight is 296 g/mol. The molecule has 0 aromatic heterocycles. The van der Waals surface area contributed by atoms with E-state index in [2.05, 4.69) is 0 Å². The molecule has 1 atom stereocenters. The summed E-state index contributed by atoms with van der Waals surface area (Å²) in [5.41, 5.74) is 5.42. The smallest absolute Gasteiger partial charge is 0.181 e. The van der Waals surface area contributed by atoms with Crippen LogP contribution in [0.5, 0.6) is 0 Å². The van der Waals surface area contributed by atoms with Gasteiger partial charge < -0.3 is 10.5 Å². The highest BCUT2D eigenvalue weighted by Gasteiger charge is 2.21. The van der Waals surface area contributed by atoms with E-state index >= 15 is 0 Å². The summed E-state index contributed by atoms with van der Waals surface area (Å²) in [6, 6.07) is 3.29. The number of halogens is 2. The third-order valence-corrected chi connectivity index (χ3v) is 4.39. The Hall–Kier alpha value is -0.690. The van der Waals surface area contributed by atoms with Crippen LogP contribution in [0.4, 0.5) is 4.39 Å². The molecule has 18 heavy (non-hydrogen) atoms. The average Bonchev–Trinajstić information content (AvgIpc) is 2.31. The molecule has 0 aliphatic heterocycles. The van der Waals surface area contributed by atoms with E-state index in [1.165, 1.54) is 6.07 Å². The molecular formula is C11H15ClFNO3S. The van der Waals surface area contributed by atoms with Crippen LogP contribution in [-0.2, 0) is 14.6 Å². The van der Waals surface area contributed by atoms with Crippen LogP contribution in [0.25, 0.3) is 0 Å². The van der Waals surface area contributed by atoms with Crippen molar-refractivity contribution < 1.29 is 17.5 Å². The fraction of sp³-hybridized carbons (Fsp3) is 0.455. The van der Waals surface area contributed by atoms with Crippen molar-refractivity contribution in [2.75, 3.05) is 18.9 Å². The summed E-state index contributed by atoms with van der Waals surface area (Å²) in [6.45, 7) is 2.23. The summed E-state index contributed by atoms with van der Waals surface area (Å²) < 4.78 is 42.2. The van der Waals surface area contributed by atoms with Crippen molar-refractivity contribution in [3.8, 4) is 0 Å². The van der Waals surface area contributed by atoms with E-state index in [9.17, 15) is 12.8 Å². The van der Waals surface area contributed by atoms with Crippen molar-refractivity contribution in [1.82, 2.24) is 0 Å². The van der Waals surface area contributed by atoms with E-state index in [-0.39, 0.29) is 22.2 Å². The summed E-state index contributed by atoms with van der Waals surface area (Å²) in [7, 11) is -3.59. The normalized spacial score (nSPS) is 13.6. The number of ether oxygens (including phenoxy) is 1. The Labute approximate surface area is 111 Å². The minimum Gasteiger partial charge on any atom is -0.376 e. The Morgan fingerprint density at radius 2 is 2.17 bits per heavy atom. The van der Waals surface area contributed by atoms with Gasteiger partial charge in [-0.15, -0.1) is 0 Å². The second-order valence-corrected chi connectivity index (χ2v) is 6.11. The third-order valence-electron chi connectivity index (χ3n) is 2.32. The minimum absolute atomic E-state index is 0.0351. The Bertz CT molecular complexity index is 507. The van der Waals surface area contributed by atoms with Crippen LogP contribution in [0.15, 0.2) is 23.1 Å². The molecule has 0 aliphatic rings. The number of sulfone groups is 1. The van der Waals surface area contributed by atoms with Gasteiger partial charge in [-0.05, 0) is 25.1 Å². The van der Waals surface area contributed by atoms with Gasteiger partial charge in [0, 0.05) is 13.2 Å². The molecule has 1 unspecified atom stereocenters. The Kier molecular flexibility index (Phi) is 5.52. The first kappa shape index (κ1) is 15.4. The van der Waals surface area contributed by atoms with Gasteiger partial charge in [0.05, 0.1) is 21.8 Å². The number of benzene rings is 1. The summed E-state index contributed by atoms with van der Waals surface area (Å²) in [4.78, 5) is -0.0351. The molecular weight excluding hydrogens is 281 g/mol. The first-order valence-corrected chi connectivity index (χ1v) is 7.43. The molecule has 0 fully saturated rings.